The molecule has 3 fully saturated rings. The lowest BCUT2D eigenvalue weighted by Gasteiger charge is -2.33. The summed E-state index contributed by atoms with van der Waals surface area (Å²) in [7, 11) is 5.42. The Hall–Kier alpha value is -2.94. The summed E-state index contributed by atoms with van der Waals surface area (Å²) in [6.45, 7) is 4.38. The van der Waals surface area contributed by atoms with Crippen LogP contribution >= 0.6 is 0 Å². The van der Waals surface area contributed by atoms with Gasteiger partial charge in [-0.2, -0.15) is 0 Å². The van der Waals surface area contributed by atoms with E-state index >= 15 is 0 Å². The summed E-state index contributed by atoms with van der Waals surface area (Å²) in [6, 6.07) is 5.44. The van der Waals surface area contributed by atoms with Gasteiger partial charge in [-0.3, -0.25) is 19.2 Å². The number of nitrogens with one attached hydrogen (secondary N) is 1. The number of rotatable bonds is 8. The quantitative estimate of drug-likeness (QED) is 0.574. The van der Waals surface area contributed by atoms with Crippen LogP contribution in [0.25, 0.3) is 0 Å². The van der Waals surface area contributed by atoms with Crippen molar-refractivity contribution in [3.8, 4) is 0 Å². The minimum Gasteiger partial charge on any atom is -0.378 e. The van der Waals surface area contributed by atoms with Crippen LogP contribution in [-0.2, 0) is 19.1 Å². The normalized spacial score (nSPS) is 23.4. The molecular formula is C28H40N4O5. The highest BCUT2D eigenvalue weighted by atomic mass is 16.5. The number of hydrogen-bond donors (Lipinski definition) is 1. The van der Waals surface area contributed by atoms with Crippen LogP contribution in [0.4, 0.5) is 5.69 Å². The number of nitrogens with zero attached hydrogens (tertiary/aromatic N) is 3. The van der Waals surface area contributed by atoms with Crippen molar-refractivity contribution < 1.29 is 23.9 Å². The Balaban J connectivity index is 1.49. The minimum atomic E-state index is -0.858. The van der Waals surface area contributed by atoms with E-state index in [1.807, 2.05) is 45.0 Å². The van der Waals surface area contributed by atoms with Crippen molar-refractivity contribution >= 4 is 29.2 Å². The maximum atomic E-state index is 13.8. The number of amides is 3. The zero-order valence-electron chi connectivity index (χ0n) is 22.7. The fourth-order valence-electron chi connectivity index (χ4n) is 6.10. The molecule has 9 nitrogen and oxygen atoms in total. The molecule has 1 aliphatic carbocycles. The summed E-state index contributed by atoms with van der Waals surface area (Å²) >= 11 is 0. The molecule has 2 aliphatic heterocycles. The highest BCUT2D eigenvalue weighted by Gasteiger charge is 2.56. The van der Waals surface area contributed by atoms with Gasteiger partial charge in [0.25, 0.3) is 11.8 Å². The van der Waals surface area contributed by atoms with Gasteiger partial charge in [-0.15, -0.1) is 0 Å². The van der Waals surface area contributed by atoms with E-state index in [4.69, 9.17) is 4.74 Å². The predicted octanol–water partition coefficient (Wildman–Crippen LogP) is 2.24. The van der Waals surface area contributed by atoms with E-state index in [1.165, 1.54) is 0 Å². The SMILES string of the molecule is COC1(C(=O)N2CC(=O)C3C2CCN3C(=O)C(CC(C)C)NC(=O)c2ccc(N(C)C)cc2)CCCC1. The van der Waals surface area contributed by atoms with Gasteiger partial charge in [-0.1, -0.05) is 13.8 Å². The lowest BCUT2D eigenvalue weighted by atomic mass is 9.99. The van der Waals surface area contributed by atoms with E-state index < -0.39 is 17.7 Å². The number of likely N-dealkylation sites (tertiary alicyclic amines) is 2. The predicted molar refractivity (Wildman–Crippen MR) is 140 cm³/mol. The standard InChI is InChI=1S/C28H40N4O5/c1-18(2)16-21(29-25(34)19-8-10-20(11-9-19)30(3)4)26(35)31-15-12-22-24(31)23(33)17-32(22)27(36)28(37-5)13-6-7-14-28/h8-11,18,21-22,24H,6-7,12-17H2,1-5H3,(H,29,34). The van der Waals surface area contributed by atoms with Gasteiger partial charge >= 0.3 is 0 Å². The third-order valence-corrected chi connectivity index (χ3v) is 8.11. The summed E-state index contributed by atoms with van der Waals surface area (Å²) in [5, 5.41) is 2.92. The van der Waals surface area contributed by atoms with E-state index in [9.17, 15) is 19.2 Å². The van der Waals surface area contributed by atoms with Crippen molar-refractivity contribution in [3.05, 3.63) is 29.8 Å². The molecule has 2 heterocycles. The largest absolute Gasteiger partial charge is 0.378 e. The molecule has 0 aromatic heterocycles. The summed E-state index contributed by atoms with van der Waals surface area (Å²) in [5.41, 5.74) is 0.589. The fraction of sp³-hybridized carbons (Fsp3) is 0.643. The first-order chi connectivity index (χ1) is 17.6. The Morgan fingerprint density at radius 3 is 2.32 bits per heavy atom. The van der Waals surface area contributed by atoms with Crippen molar-refractivity contribution in [2.24, 2.45) is 5.92 Å². The molecule has 3 unspecified atom stereocenters. The van der Waals surface area contributed by atoms with E-state index in [0.717, 1.165) is 18.5 Å². The smallest absolute Gasteiger partial charge is 0.255 e. The van der Waals surface area contributed by atoms with Crippen LogP contribution in [0.1, 0.15) is 62.7 Å². The average molecular weight is 513 g/mol. The summed E-state index contributed by atoms with van der Waals surface area (Å²) in [5.74, 6) is -0.675. The van der Waals surface area contributed by atoms with Crippen LogP contribution in [0, 0.1) is 5.92 Å². The lowest BCUT2D eigenvalue weighted by Crippen LogP contribution is -2.53. The molecule has 3 aliphatic rings. The number of anilines is 1. The number of ketones is 1. The first-order valence-electron chi connectivity index (χ1n) is 13.4. The maximum absolute atomic E-state index is 13.8. The van der Waals surface area contributed by atoms with Gasteiger partial charge < -0.3 is 24.8 Å². The van der Waals surface area contributed by atoms with Gasteiger partial charge in [0, 0.05) is 39.0 Å². The third kappa shape index (κ3) is 5.23. The van der Waals surface area contributed by atoms with Gasteiger partial charge in [-0.05, 0) is 68.7 Å². The molecule has 0 radical (unpaired) electrons. The Kier molecular flexibility index (Phi) is 7.92. The van der Waals surface area contributed by atoms with Gasteiger partial charge in [-0.25, -0.2) is 0 Å². The third-order valence-electron chi connectivity index (χ3n) is 8.11. The van der Waals surface area contributed by atoms with Gasteiger partial charge in [0.1, 0.15) is 17.7 Å². The van der Waals surface area contributed by atoms with Crippen molar-refractivity contribution in [3.63, 3.8) is 0 Å². The molecule has 1 aromatic carbocycles. The minimum absolute atomic E-state index is 0.00247. The number of Topliss-reactive ketones (excluding diaryl/α,β-unsaturated/α-hetero) is 1. The molecule has 0 spiro atoms. The van der Waals surface area contributed by atoms with E-state index in [-0.39, 0.29) is 42.0 Å². The number of carbonyl (C=O) groups excluding carboxylic acids is 4. The fourth-order valence-corrected chi connectivity index (χ4v) is 6.10. The number of carbonyl (C=O) groups is 4. The van der Waals surface area contributed by atoms with Crippen LogP contribution in [0.2, 0.25) is 0 Å². The zero-order valence-corrected chi connectivity index (χ0v) is 22.7. The molecular weight excluding hydrogens is 472 g/mol. The zero-order chi connectivity index (χ0) is 26.9. The average Bonchev–Trinajstić information content (AvgIpc) is 3.60. The van der Waals surface area contributed by atoms with Crippen LogP contribution in [0.15, 0.2) is 24.3 Å². The molecule has 3 amide bonds. The number of fused-ring (bicyclic) bond motifs is 1. The number of methoxy groups -OCH3 is 1. The molecule has 1 N–H and O–H groups in total. The van der Waals surface area contributed by atoms with Crippen molar-refractivity contribution in [1.82, 2.24) is 15.1 Å². The monoisotopic (exact) mass is 512 g/mol. The summed E-state index contributed by atoms with van der Waals surface area (Å²) < 4.78 is 5.69. The number of hydrogen-bond acceptors (Lipinski definition) is 6. The Morgan fingerprint density at radius 1 is 1.11 bits per heavy atom. The van der Waals surface area contributed by atoms with Crippen molar-refractivity contribution in [2.45, 2.75) is 76.1 Å². The second kappa shape index (κ2) is 10.8. The molecule has 1 saturated carbocycles. The maximum Gasteiger partial charge on any atom is 0.255 e. The van der Waals surface area contributed by atoms with E-state index in [1.54, 1.807) is 29.0 Å². The molecule has 4 rings (SSSR count). The van der Waals surface area contributed by atoms with Crippen molar-refractivity contribution in [2.75, 3.05) is 39.2 Å². The van der Waals surface area contributed by atoms with Crippen LogP contribution in [0.3, 0.4) is 0 Å². The molecule has 1 aromatic rings. The van der Waals surface area contributed by atoms with Gasteiger partial charge in [0.15, 0.2) is 5.78 Å². The van der Waals surface area contributed by atoms with Gasteiger partial charge in [0.2, 0.25) is 5.91 Å². The topological polar surface area (TPSA) is 99.3 Å². The molecule has 202 valence electrons. The Labute approximate surface area is 219 Å². The molecule has 0 bridgehead atoms. The lowest BCUT2D eigenvalue weighted by molar-refractivity contribution is -0.155. The number of benzene rings is 1. The first-order valence-corrected chi connectivity index (χ1v) is 13.4. The van der Waals surface area contributed by atoms with E-state index in [2.05, 4.69) is 5.32 Å². The summed E-state index contributed by atoms with van der Waals surface area (Å²) in [4.78, 5) is 58.7. The first kappa shape index (κ1) is 27.1. The highest BCUT2D eigenvalue weighted by molar-refractivity contribution is 6.01. The summed E-state index contributed by atoms with van der Waals surface area (Å²) in [6.07, 6.45) is 4.17. The Bertz CT molecular complexity index is 1030. The van der Waals surface area contributed by atoms with Crippen LogP contribution in [-0.4, -0.2) is 91.3 Å². The van der Waals surface area contributed by atoms with Gasteiger partial charge in [0.05, 0.1) is 12.6 Å². The highest BCUT2D eigenvalue weighted by Crippen LogP contribution is 2.38. The molecule has 9 heteroatoms. The molecule has 2 saturated heterocycles. The molecule has 3 atom stereocenters. The second-order valence-corrected chi connectivity index (χ2v) is 11.2. The van der Waals surface area contributed by atoms with Crippen molar-refractivity contribution in [1.29, 1.82) is 0 Å². The second-order valence-electron chi connectivity index (χ2n) is 11.2. The Morgan fingerprint density at radius 2 is 1.76 bits per heavy atom. The number of ether oxygens (including phenoxy) is 1. The van der Waals surface area contributed by atoms with E-state index in [0.29, 0.717) is 37.8 Å². The van der Waals surface area contributed by atoms with Crippen LogP contribution in [0.5, 0.6) is 0 Å². The van der Waals surface area contributed by atoms with Crippen LogP contribution < -0.4 is 10.2 Å². The molecule has 37 heavy (non-hydrogen) atoms.